The SMILES string of the molecule is COC(=O)CCc1c(Cl)ncnc1N1CCN(C(=O)OC(C)(C)C)CC1. The largest absolute Gasteiger partial charge is 0.469 e. The van der Waals surface area contributed by atoms with Gasteiger partial charge >= 0.3 is 12.1 Å². The minimum atomic E-state index is -0.518. The van der Waals surface area contributed by atoms with E-state index in [4.69, 9.17) is 16.3 Å². The van der Waals surface area contributed by atoms with Crippen molar-refractivity contribution in [1.29, 1.82) is 0 Å². The van der Waals surface area contributed by atoms with Crippen molar-refractivity contribution >= 4 is 29.5 Å². The quantitative estimate of drug-likeness (QED) is 0.581. The first-order valence-electron chi connectivity index (χ1n) is 8.50. The van der Waals surface area contributed by atoms with E-state index in [0.717, 1.165) is 0 Å². The van der Waals surface area contributed by atoms with Crippen molar-refractivity contribution in [2.45, 2.75) is 39.2 Å². The first-order valence-corrected chi connectivity index (χ1v) is 8.88. The number of carbonyl (C=O) groups is 2. The van der Waals surface area contributed by atoms with Gasteiger partial charge in [0.2, 0.25) is 0 Å². The Labute approximate surface area is 158 Å². The summed E-state index contributed by atoms with van der Waals surface area (Å²) in [6, 6.07) is 0. The van der Waals surface area contributed by atoms with E-state index in [-0.39, 0.29) is 18.5 Å². The molecule has 1 aliphatic rings. The third-order valence-electron chi connectivity index (χ3n) is 3.91. The average Bonchev–Trinajstić information content (AvgIpc) is 2.59. The molecule has 0 N–H and O–H groups in total. The van der Waals surface area contributed by atoms with Crippen LogP contribution in [0.3, 0.4) is 0 Å². The van der Waals surface area contributed by atoms with E-state index in [9.17, 15) is 9.59 Å². The molecule has 1 saturated heterocycles. The summed E-state index contributed by atoms with van der Waals surface area (Å²) in [4.78, 5) is 35.7. The van der Waals surface area contributed by atoms with Crippen molar-refractivity contribution in [3.05, 3.63) is 17.0 Å². The van der Waals surface area contributed by atoms with E-state index in [1.54, 1.807) is 4.90 Å². The molecule has 144 valence electrons. The first-order chi connectivity index (χ1) is 12.2. The maximum atomic E-state index is 12.2. The molecule has 0 aliphatic carbocycles. The predicted octanol–water partition coefficient (Wildman–Crippen LogP) is 2.29. The van der Waals surface area contributed by atoms with Crippen LogP contribution in [0.1, 0.15) is 32.8 Å². The van der Waals surface area contributed by atoms with E-state index in [0.29, 0.717) is 49.1 Å². The zero-order chi connectivity index (χ0) is 19.3. The van der Waals surface area contributed by atoms with Crippen molar-refractivity contribution in [2.24, 2.45) is 0 Å². The zero-order valence-electron chi connectivity index (χ0n) is 15.6. The van der Waals surface area contributed by atoms with E-state index in [1.165, 1.54) is 13.4 Å². The monoisotopic (exact) mass is 384 g/mol. The molecule has 0 saturated carbocycles. The maximum Gasteiger partial charge on any atom is 0.410 e. The average molecular weight is 385 g/mol. The van der Waals surface area contributed by atoms with Crippen LogP contribution in [-0.2, 0) is 20.7 Å². The summed E-state index contributed by atoms with van der Waals surface area (Å²) in [6.45, 7) is 7.77. The molecule has 26 heavy (non-hydrogen) atoms. The number of carbonyl (C=O) groups excluding carboxylic acids is 2. The number of piperazine rings is 1. The fraction of sp³-hybridized carbons (Fsp3) is 0.647. The topological polar surface area (TPSA) is 84.9 Å². The molecule has 0 radical (unpaired) electrons. The molecule has 0 unspecified atom stereocenters. The van der Waals surface area contributed by atoms with Crippen LogP contribution >= 0.6 is 11.6 Å². The highest BCUT2D eigenvalue weighted by Crippen LogP contribution is 2.26. The van der Waals surface area contributed by atoms with Crippen LogP contribution in [-0.4, -0.2) is 65.8 Å². The Bertz CT molecular complexity index is 655. The Kier molecular flexibility index (Phi) is 6.63. The van der Waals surface area contributed by atoms with Crippen LogP contribution < -0.4 is 4.90 Å². The highest BCUT2D eigenvalue weighted by molar-refractivity contribution is 6.30. The Morgan fingerprint density at radius 2 is 1.85 bits per heavy atom. The smallest absolute Gasteiger partial charge is 0.410 e. The van der Waals surface area contributed by atoms with Crippen LogP contribution in [0.4, 0.5) is 10.6 Å². The van der Waals surface area contributed by atoms with E-state index in [2.05, 4.69) is 14.7 Å². The van der Waals surface area contributed by atoms with Crippen LogP contribution in [0.25, 0.3) is 0 Å². The molecule has 2 rings (SSSR count). The molecule has 1 aromatic rings. The lowest BCUT2D eigenvalue weighted by molar-refractivity contribution is -0.140. The van der Waals surface area contributed by atoms with Gasteiger partial charge in [0.1, 0.15) is 22.9 Å². The molecule has 1 fully saturated rings. The third kappa shape index (κ3) is 5.45. The molecule has 1 amide bonds. The van der Waals surface area contributed by atoms with Gasteiger partial charge in [0.05, 0.1) is 7.11 Å². The maximum absolute atomic E-state index is 12.2. The van der Waals surface area contributed by atoms with E-state index < -0.39 is 5.60 Å². The van der Waals surface area contributed by atoms with Gasteiger partial charge in [0, 0.05) is 38.2 Å². The summed E-state index contributed by atoms with van der Waals surface area (Å²) in [5, 5.41) is 0.327. The molecular formula is C17H25ClN4O4. The lowest BCUT2D eigenvalue weighted by atomic mass is 10.1. The van der Waals surface area contributed by atoms with Gasteiger partial charge < -0.3 is 19.3 Å². The second-order valence-electron chi connectivity index (χ2n) is 7.00. The fourth-order valence-corrected chi connectivity index (χ4v) is 2.85. The fourth-order valence-electron chi connectivity index (χ4n) is 2.63. The van der Waals surface area contributed by atoms with Crippen molar-refractivity contribution < 1.29 is 19.1 Å². The molecular weight excluding hydrogens is 360 g/mol. The summed E-state index contributed by atoms with van der Waals surface area (Å²) in [6.07, 6.45) is 1.69. The number of amides is 1. The number of anilines is 1. The molecule has 0 atom stereocenters. The lowest BCUT2D eigenvalue weighted by Crippen LogP contribution is -2.50. The van der Waals surface area contributed by atoms with E-state index >= 15 is 0 Å². The number of hydrogen-bond acceptors (Lipinski definition) is 7. The molecule has 1 aromatic heterocycles. The number of rotatable bonds is 4. The van der Waals surface area contributed by atoms with Crippen LogP contribution in [0.5, 0.6) is 0 Å². The summed E-state index contributed by atoms with van der Waals surface area (Å²) >= 11 is 6.21. The number of methoxy groups -OCH3 is 1. The minimum absolute atomic E-state index is 0.203. The van der Waals surface area contributed by atoms with Gasteiger partial charge in [-0.3, -0.25) is 4.79 Å². The Morgan fingerprint density at radius 3 is 2.42 bits per heavy atom. The van der Waals surface area contributed by atoms with Crippen molar-refractivity contribution in [3.63, 3.8) is 0 Å². The Balaban J connectivity index is 2.04. The van der Waals surface area contributed by atoms with Crippen molar-refractivity contribution in [2.75, 3.05) is 38.2 Å². The Hall–Kier alpha value is -2.09. The zero-order valence-corrected chi connectivity index (χ0v) is 16.4. The summed E-state index contributed by atoms with van der Waals surface area (Å²) in [5.41, 5.74) is 0.195. The summed E-state index contributed by atoms with van der Waals surface area (Å²) in [7, 11) is 1.35. The third-order valence-corrected chi connectivity index (χ3v) is 4.23. The number of hydrogen-bond donors (Lipinski definition) is 0. The van der Waals surface area contributed by atoms with Crippen molar-refractivity contribution in [1.82, 2.24) is 14.9 Å². The molecule has 9 heteroatoms. The number of aromatic nitrogens is 2. The molecule has 0 aromatic carbocycles. The van der Waals surface area contributed by atoms with Gasteiger partial charge in [-0.25, -0.2) is 14.8 Å². The highest BCUT2D eigenvalue weighted by atomic mass is 35.5. The van der Waals surface area contributed by atoms with Gasteiger partial charge in [-0.05, 0) is 27.2 Å². The van der Waals surface area contributed by atoms with Crippen LogP contribution in [0.2, 0.25) is 5.15 Å². The van der Waals surface area contributed by atoms with Gasteiger partial charge in [0.15, 0.2) is 0 Å². The molecule has 0 bridgehead atoms. The van der Waals surface area contributed by atoms with Crippen LogP contribution in [0.15, 0.2) is 6.33 Å². The Morgan fingerprint density at radius 1 is 1.19 bits per heavy atom. The minimum Gasteiger partial charge on any atom is -0.469 e. The number of nitrogens with zero attached hydrogens (tertiary/aromatic N) is 4. The van der Waals surface area contributed by atoms with Crippen molar-refractivity contribution in [3.8, 4) is 0 Å². The summed E-state index contributed by atoms with van der Waals surface area (Å²) in [5.74, 6) is 0.378. The second-order valence-corrected chi connectivity index (χ2v) is 7.36. The first kappa shape index (κ1) is 20.2. The molecule has 0 spiro atoms. The van der Waals surface area contributed by atoms with Gasteiger partial charge in [-0.2, -0.15) is 0 Å². The standard InChI is InChI=1S/C17H25ClN4O4/c1-17(2,3)26-16(24)22-9-7-21(8-10-22)15-12(5-6-13(23)25-4)14(18)19-11-20-15/h11H,5-10H2,1-4H3. The summed E-state index contributed by atoms with van der Waals surface area (Å²) < 4.78 is 10.1. The number of halogens is 1. The predicted molar refractivity (Wildman–Crippen MR) is 97.4 cm³/mol. The molecule has 1 aliphatic heterocycles. The van der Waals surface area contributed by atoms with Gasteiger partial charge in [0.25, 0.3) is 0 Å². The van der Waals surface area contributed by atoms with E-state index in [1.807, 2.05) is 25.7 Å². The molecule has 2 heterocycles. The lowest BCUT2D eigenvalue weighted by Gasteiger charge is -2.36. The number of ether oxygens (including phenoxy) is 2. The van der Waals surface area contributed by atoms with Gasteiger partial charge in [-0.1, -0.05) is 11.6 Å². The highest BCUT2D eigenvalue weighted by Gasteiger charge is 2.27. The second kappa shape index (κ2) is 8.53. The molecule has 8 nitrogen and oxygen atoms in total. The number of esters is 1. The van der Waals surface area contributed by atoms with Crippen LogP contribution in [0, 0.1) is 0 Å². The normalized spacial score (nSPS) is 15.0. The van der Waals surface area contributed by atoms with Gasteiger partial charge in [-0.15, -0.1) is 0 Å².